The Labute approximate surface area is 93.4 Å². The van der Waals surface area contributed by atoms with Crippen molar-refractivity contribution in [2.24, 2.45) is 0 Å². The minimum absolute atomic E-state index is 0.0240. The van der Waals surface area contributed by atoms with Crippen LogP contribution >= 0.6 is 0 Å². The topological polar surface area (TPSA) is 95.3 Å². The van der Waals surface area contributed by atoms with Crippen molar-refractivity contribution in [2.75, 3.05) is 5.32 Å². The number of aromatic carboxylic acids is 1. The second-order valence-corrected chi connectivity index (χ2v) is 3.70. The molecule has 0 bridgehead atoms. The molecule has 3 N–H and O–H groups in total. The van der Waals surface area contributed by atoms with Crippen molar-refractivity contribution in [1.29, 1.82) is 0 Å². The summed E-state index contributed by atoms with van der Waals surface area (Å²) in [7, 11) is 0. The minimum atomic E-state index is -1.09. The summed E-state index contributed by atoms with van der Waals surface area (Å²) in [5.41, 5.74) is -0.0539. The van der Waals surface area contributed by atoms with E-state index in [0.717, 1.165) is 0 Å². The summed E-state index contributed by atoms with van der Waals surface area (Å²) in [6, 6.07) is 1.30. The number of aliphatic hydroxyl groups excluding tert-OH is 1. The van der Waals surface area contributed by atoms with Crippen LogP contribution in [0.1, 0.15) is 30.8 Å². The smallest absolute Gasteiger partial charge is 0.354 e. The Hall–Kier alpha value is -1.69. The Morgan fingerprint density at radius 3 is 2.81 bits per heavy atom. The van der Waals surface area contributed by atoms with Crippen LogP contribution < -0.4 is 5.32 Å². The van der Waals surface area contributed by atoms with Crippen molar-refractivity contribution in [1.82, 2.24) is 9.97 Å². The van der Waals surface area contributed by atoms with Gasteiger partial charge in [-0.3, -0.25) is 0 Å². The number of carboxylic acid groups (broad SMARTS) is 1. The lowest BCUT2D eigenvalue weighted by atomic mass is 10.2. The maximum absolute atomic E-state index is 10.7. The van der Waals surface area contributed by atoms with E-state index in [4.69, 9.17) is 10.2 Å². The summed E-state index contributed by atoms with van der Waals surface area (Å²) in [5.74, 6) is -0.832. The highest BCUT2D eigenvalue weighted by atomic mass is 16.4. The third-order valence-corrected chi connectivity index (χ3v) is 1.94. The third-order valence-electron chi connectivity index (χ3n) is 1.94. The number of nitrogens with zero attached hydrogens (tertiary/aromatic N) is 2. The predicted molar refractivity (Wildman–Crippen MR) is 58.4 cm³/mol. The molecule has 0 aliphatic rings. The van der Waals surface area contributed by atoms with Crippen LogP contribution in [-0.2, 0) is 0 Å². The van der Waals surface area contributed by atoms with Crippen LogP contribution in [0.15, 0.2) is 12.3 Å². The molecule has 0 fully saturated rings. The van der Waals surface area contributed by atoms with Gasteiger partial charge in [0.15, 0.2) is 5.69 Å². The van der Waals surface area contributed by atoms with Gasteiger partial charge in [-0.2, -0.15) is 0 Å². The summed E-state index contributed by atoms with van der Waals surface area (Å²) in [6.07, 6.45) is 1.50. The van der Waals surface area contributed by atoms with Crippen molar-refractivity contribution in [3.8, 4) is 0 Å². The number of rotatable bonds is 5. The SMILES string of the molecule is CC(O)CC(C)Nc1nccc(C(=O)O)n1. The lowest BCUT2D eigenvalue weighted by molar-refractivity contribution is 0.0690. The molecule has 1 rings (SSSR count). The van der Waals surface area contributed by atoms with E-state index in [2.05, 4.69) is 15.3 Å². The predicted octanol–water partition coefficient (Wildman–Crippen LogP) is 0.746. The Balaban J connectivity index is 2.66. The lowest BCUT2D eigenvalue weighted by Crippen LogP contribution is -2.22. The molecule has 16 heavy (non-hydrogen) atoms. The van der Waals surface area contributed by atoms with Crippen molar-refractivity contribution >= 4 is 11.9 Å². The normalized spacial score (nSPS) is 14.2. The van der Waals surface area contributed by atoms with Crippen LogP contribution in [0.3, 0.4) is 0 Å². The Bertz CT molecular complexity index is 368. The number of anilines is 1. The number of hydrogen-bond acceptors (Lipinski definition) is 5. The number of nitrogens with one attached hydrogen (secondary N) is 1. The summed E-state index contributed by atoms with van der Waals surface area (Å²) in [6.45, 7) is 3.55. The summed E-state index contributed by atoms with van der Waals surface area (Å²) < 4.78 is 0. The fraction of sp³-hybridized carbons (Fsp3) is 0.500. The molecule has 1 aromatic heterocycles. The van der Waals surface area contributed by atoms with Gasteiger partial charge in [-0.1, -0.05) is 0 Å². The Kier molecular flexibility index (Phi) is 4.19. The second kappa shape index (κ2) is 5.41. The average Bonchev–Trinajstić information content (AvgIpc) is 2.16. The molecule has 6 heteroatoms. The monoisotopic (exact) mass is 225 g/mol. The lowest BCUT2D eigenvalue weighted by Gasteiger charge is -2.15. The number of hydrogen-bond donors (Lipinski definition) is 3. The highest BCUT2D eigenvalue weighted by Gasteiger charge is 2.10. The van der Waals surface area contributed by atoms with E-state index in [-0.39, 0.29) is 17.7 Å². The summed E-state index contributed by atoms with van der Waals surface area (Å²) in [5, 5.41) is 20.8. The first kappa shape index (κ1) is 12.4. The molecule has 0 saturated carbocycles. The van der Waals surface area contributed by atoms with Gasteiger partial charge >= 0.3 is 5.97 Å². The molecule has 88 valence electrons. The van der Waals surface area contributed by atoms with Crippen LogP contribution in [0, 0.1) is 0 Å². The molecule has 1 aromatic rings. The van der Waals surface area contributed by atoms with E-state index < -0.39 is 12.1 Å². The zero-order chi connectivity index (χ0) is 12.1. The largest absolute Gasteiger partial charge is 0.477 e. The first-order valence-corrected chi connectivity index (χ1v) is 5.00. The van der Waals surface area contributed by atoms with Crippen LogP contribution in [0.4, 0.5) is 5.95 Å². The van der Waals surface area contributed by atoms with E-state index in [1.54, 1.807) is 6.92 Å². The van der Waals surface area contributed by atoms with Gasteiger partial charge in [-0.25, -0.2) is 14.8 Å². The van der Waals surface area contributed by atoms with E-state index in [1.807, 2.05) is 6.92 Å². The van der Waals surface area contributed by atoms with Gasteiger partial charge in [-0.05, 0) is 26.3 Å². The third kappa shape index (κ3) is 3.82. The molecule has 0 amide bonds. The van der Waals surface area contributed by atoms with Crippen molar-refractivity contribution < 1.29 is 15.0 Å². The minimum Gasteiger partial charge on any atom is -0.477 e. The molecule has 1 heterocycles. The summed E-state index contributed by atoms with van der Waals surface area (Å²) >= 11 is 0. The first-order valence-electron chi connectivity index (χ1n) is 5.00. The van der Waals surface area contributed by atoms with Crippen LogP contribution in [0.2, 0.25) is 0 Å². The molecule has 2 atom stereocenters. The van der Waals surface area contributed by atoms with Crippen molar-refractivity contribution in [3.05, 3.63) is 18.0 Å². The number of carbonyl (C=O) groups is 1. The van der Waals surface area contributed by atoms with Crippen LogP contribution in [-0.4, -0.2) is 38.3 Å². The number of aliphatic hydroxyl groups is 1. The van der Waals surface area contributed by atoms with Crippen LogP contribution in [0.5, 0.6) is 0 Å². The maximum Gasteiger partial charge on any atom is 0.354 e. The molecular formula is C10H15N3O3. The first-order chi connectivity index (χ1) is 7.49. The molecular weight excluding hydrogens is 210 g/mol. The fourth-order valence-corrected chi connectivity index (χ4v) is 1.34. The van der Waals surface area contributed by atoms with Gasteiger partial charge in [0.2, 0.25) is 5.95 Å². The van der Waals surface area contributed by atoms with Gasteiger partial charge in [0.1, 0.15) is 0 Å². The average molecular weight is 225 g/mol. The zero-order valence-electron chi connectivity index (χ0n) is 9.21. The van der Waals surface area contributed by atoms with E-state index in [0.29, 0.717) is 6.42 Å². The Morgan fingerprint density at radius 2 is 2.25 bits per heavy atom. The fourth-order valence-electron chi connectivity index (χ4n) is 1.34. The molecule has 2 unspecified atom stereocenters. The van der Waals surface area contributed by atoms with E-state index in [9.17, 15) is 4.79 Å². The highest BCUT2D eigenvalue weighted by molar-refractivity contribution is 5.85. The molecule has 0 aliphatic heterocycles. The highest BCUT2D eigenvalue weighted by Crippen LogP contribution is 2.06. The molecule has 0 radical (unpaired) electrons. The van der Waals surface area contributed by atoms with Gasteiger partial charge in [0.05, 0.1) is 6.10 Å². The van der Waals surface area contributed by atoms with E-state index >= 15 is 0 Å². The molecule has 0 aromatic carbocycles. The molecule has 0 aliphatic carbocycles. The quantitative estimate of drug-likeness (QED) is 0.684. The van der Waals surface area contributed by atoms with Gasteiger partial charge in [-0.15, -0.1) is 0 Å². The number of aromatic nitrogens is 2. The van der Waals surface area contributed by atoms with Crippen molar-refractivity contribution in [2.45, 2.75) is 32.4 Å². The van der Waals surface area contributed by atoms with Gasteiger partial charge in [0.25, 0.3) is 0 Å². The standard InChI is InChI=1S/C10H15N3O3/c1-6(5-7(2)14)12-10-11-4-3-8(13-10)9(15)16/h3-4,6-7,14H,5H2,1-2H3,(H,15,16)(H,11,12,13). The zero-order valence-corrected chi connectivity index (χ0v) is 9.21. The number of carboxylic acids is 1. The molecule has 0 spiro atoms. The summed E-state index contributed by atoms with van der Waals surface area (Å²) in [4.78, 5) is 18.4. The van der Waals surface area contributed by atoms with Crippen LogP contribution in [0.25, 0.3) is 0 Å². The molecule has 0 saturated heterocycles. The maximum atomic E-state index is 10.7. The van der Waals surface area contributed by atoms with E-state index in [1.165, 1.54) is 12.3 Å². The second-order valence-electron chi connectivity index (χ2n) is 3.70. The Morgan fingerprint density at radius 1 is 1.56 bits per heavy atom. The van der Waals surface area contributed by atoms with Crippen molar-refractivity contribution in [3.63, 3.8) is 0 Å². The van der Waals surface area contributed by atoms with Gasteiger partial charge in [0, 0.05) is 12.2 Å². The molecule has 6 nitrogen and oxygen atoms in total. The van der Waals surface area contributed by atoms with Gasteiger partial charge < -0.3 is 15.5 Å².